The number of alkyl halides is 3. The lowest BCUT2D eigenvalue weighted by atomic mass is 10.2. The van der Waals surface area contributed by atoms with Gasteiger partial charge >= 0.3 is 6.18 Å². The molecule has 0 aromatic carbocycles. The van der Waals surface area contributed by atoms with Crippen molar-refractivity contribution in [1.82, 2.24) is 20.2 Å². The Labute approximate surface area is 105 Å². The van der Waals surface area contributed by atoms with Gasteiger partial charge in [0.2, 0.25) is 0 Å². The molecule has 0 saturated heterocycles. The highest BCUT2D eigenvalue weighted by molar-refractivity contribution is 5.88. The third-order valence-electron chi connectivity index (χ3n) is 2.63. The number of halogens is 3. The molecule has 0 aliphatic rings. The van der Waals surface area contributed by atoms with Crippen molar-refractivity contribution >= 4 is 11.0 Å². The van der Waals surface area contributed by atoms with Crippen molar-refractivity contribution in [3.63, 3.8) is 0 Å². The fourth-order valence-corrected chi connectivity index (χ4v) is 1.74. The Bertz CT molecular complexity index is 719. The van der Waals surface area contributed by atoms with Crippen molar-refractivity contribution in [1.29, 1.82) is 0 Å². The summed E-state index contributed by atoms with van der Waals surface area (Å²) in [6.45, 7) is 0. The van der Waals surface area contributed by atoms with Crippen LogP contribution in [0.3, 0.4) is 0 Å². The maximum absolute atomic E-state index is 12.6. The van der Waals surface area contributed by atoms with Gasteiger partial charge < -0.3 is 0 Å². The third kappa shape index (κ3) is 2.03. The van der Waals surface area contributed by atoms with Crippen LogP contribution >= 0.6 is 0 Å². The number of aromatic amines is 1. The molecule has 4 nitrogen and oxygen atoms in total. The van der Waals surface area contributed by atoms with Crippen LogP contribution in [0.2, 0.25) is 0 Å². The van der Waals surface area contributed by atoms with E-state index in [4.69, 9.17) is 0 Å². The highest BCUT2D eigenvalue weighted by Gasteiger charge is 2.31. The number of rotatable bonds is 1. The number of pyridine rings is 2. The van der Waals surface area contributed by atoms with Crippen molar-refractivity contribution < 1.29 is 13.2 Å². The molecule has 0 saturated carbocycles. The molecule has 0 unspecified atom stereocenters. The molecule has 19 heavy (non-hydrogen) atoms. The summed E-state index contributed by atoms with van der Waals surface area (Å²) >= 11 is 0. The van der Waals surface area contributed by atoms with Gasteiger partial charge in [0.1, 0.15) is 11.2 Å². The minimum absolute atomic E-state index is 0.232. The maximum Gasteiger partial charge on any atom is 0.417 e. The van der Waals surface area contributed by atoms with E-state index in [0.717, 1.165) is 12.3 Å². The summed E-state index contributed by atoms with van der Waals surface area (Å²) in [6.07, 6.45) is -2.04. The van der Waals surface area contributed by atoms with E-state index in [9.17, 15) is 13.2 Å². The van der Waals surface area contributed by atoms with Crippen LogP contribution in [0.25, 0.3) is 22.4 Å². The van der Waals surface area contributed by atoms with E-state index in [1.165, 1.54) is 0 Å². The average Bonchev–Trinajstić information content (AvgIpc) is 2.81. The van der Waals surface area contributed by atoms with Gasteiger partial charge in [-0.1, -0.05) is 6.07 Å². The van der Waals surface area contributed by atoms with Crippen LogP contribution in [0, 0.1) is 0 Å². The van der Waals surface area contributed by atoms with Gasteiger partial charge in [0, 0.05) is 12.4 Å². The first-order valence-electron chi connectivity index (χ1n) is 5.38. The predicted molar refractivity (Wildman–Crippen MR) is 62.1 cm³/mol. The molecule has 0 fully saturated rings. The van der Waals surface area contributed by atoms with Gasteiger partial charge in [-0.2, -0.15) is 18.3 Å². The molecule has 0 amide bonds. The first-order chi connectivity index (χ1) is 9.05. The van der Waals surface area contributed by atoms with E-state index in [0.29, 0.717) is 16.9 Å². The van der Waals surface area contributed by atoms with Crippen molar-refractivity contribution in [2.24, 2.45) is 0 Å². The second-order valence-corrected chi connectivity index (χ2v) is 3.91. The number of hydrogen-bond acceptors (Lipinski definition) is 3. The van der Waals surface area contributed by atoms with Crippen LogP contribution in [0.5, 0.6) is 0 Å². The summed E-state index contributed by atoms with van der Waals surface area (Å²) in [7, 11) is 0. The van der Waals surface area contributed by atoms with Gasteiger partial charge in [0.15, 0.2) is 0 Å². The Kier molecular flexibility index (Phi) is 2.48. The molecular weight excluding hydrogens is 257 g/mol. The second kappa shape index (κ2) is 4.04. The van der Waals surface area contributed by atoms with Crippen LogP contribution in [0.1, 0.15) is 5.56 Å². The van der Waals surface area contributed by atoms with E-state index in [-0.39, 0.29) is 5.52 Å². The van der Waals surface area contributed by atoms with Crippen molar-refractivity contribution in [3.05, 3.63) is 42.2 Å². The maximum atomic E-state index is 12.6. The molecule has 0 radical (unpaired) electrons. The number of nitrogens with zero attached hydrogens (tertiary/aromatic N) is 3. The summed E-state index contributed by atoms with van der Waals surface area (Å²) in [5.74, 6) is 0. The number of H-pyrrole nitrogens is 1. The quantitative estimate of drug-likeness (QED) is 0.735. The lowest BCUT2D eigenvalue weighted by Crippen LogP contribution is -2.05. The third-order valence-corrected chi connectivity index (χ3v) is 2.63. The van der Waals surface area contributed by atoms with Crippen molar-refractivity contribution in [3.8, 4) is 11.4 Å². The number of aromatic nitrogens is 4. The smallest absolute Gasteiger partial charge is 0.275 e. The molecule has 7 heteroatoms. The molecule has 96 valence electrons. The topological polar surface area (TPSA) is 54.5 Å². The molecule has 0 bridgehead atoms. The average molecular weight is 264 g/mol. The first-order valence-corrected chi connectivity index (χ1v) is 5.38. The van der Waals surface area contributed by atoms with Crippen molar-refractivity contribution in [2.45, 2.75) is 6.18 Å². The summed E-state index contributed by atoms with van der Waals surface area (Å²) in [5, 5.41) is 6.52. The molecule has 1 N–H and O–H groups in total. The van der Waals surface area contributed by atoms with Crippen LogP contribution in [-0.2, 0) is 6.18 Å². The minimum Gasteiger partial charge on any atom is -0.275 e. The zero-order chi connectivity index (χ0) is 13.5. The van der Waals surface area contributed by atoms with E-state index in [1.807, 2.05) is 0 Å². The van der Waals surface area contributed by atoms with E-state index < -0.39 is 11.7 Å². The molecule has 0 aliphatic heterocycles. The van der Waals surface area contributed by atoms with Gasteiger partial charge in [-0.25, -0.2) is 0 Å². The number of fused-ring (bicyclic) bond motifs is 1. The van der Waals surface area contributed by atoms with E-state index >= 15 is 0 Å². The lowest BCUT2D eigenvalue weighted by Gasteiger charge is -2.05. The van der Waals surface area contributed by atoms with E-state index in [1.54, 1.807) is 24.4 Å². The lowest BCUT2D eigenvalue weighted by molar-refractivity contribution is -0.137. The summed E-state index contributed by atoms with van der Waals surface area (Å²) in [5.41, 5.74) is 0.781. The largest absolute Gasteiger partial charge is 0.417 e. The van der Waals surface area contributed by atoms with Crippen molar-refractivity contribution in [2.75, 3.05) is 0 Å². The van der Waals surface area contributed by atoms with Crippen LogP contribution in [-0.4, -0.2) is 20.2 Å². The molecule has 3 aromatic rings. The standard InChI is InChI=1S/C12H7F3N4/c13-12(14,15)7-5-9-10(17-6-7)11(19-18-9)8-3-1-2-4-16-8/h1-6H,(H,18,19). The molecule has 3 aromatic heterocycles. The summed E-state index contributed by atoms with van der Waals surface area (Å²) in [6, 6.07) is 6.22. The van der Waals surface area contributed by atoms with Gasteiger partial charge in [0.05, 0.1) is 16.8 Å². The normalized spacial score (nSPS) is 11.9. The fourth-order valence-electron chi connectivity index (χ4n) is 1.74. The molecule has 0 atom stereocenters. The second-order valence-electron chi connectivity index (χ2n) is 3.91. The molecule has 3 rings (SSSR count). The minimum atomic E-state index is -4.42. The van der Waals surface area contributed by atoms with Crippen LogP contribution in [0.4, 0.5) is 13.2 Å². The van der Waals surface area contributed by atoms with Crippen LogP contribution in [0.15, 0.2) is 36.7 Å². The number of nitrogens with one attached hydrogen (secondary N) is 1. The Morgan fingerprint density at radius 3 is 2.63 bits per heavy atom. The Morgan fingerprint density at radius 2 is 1.95 bits per heavy atom. The SMILES string of the molecule is FC(F)(F)c1cnc2c(-c3ccccn3)n[nH]c2c1. The van der Waals surface area contributed by atoms with Gasteiger partial charge in [-0.05, 0) is 18.2 Å². The number of hydrogen-bond donors (Lipinski definition) is 1. The highest BCUT2D eigenvalue weighted by Crippen LogP contribution is 2.31. The zero-order valence-corrected chi connectivity index (χ0v) is 9.44. The first kappa shape index (κ1) is 11.6. The Balaban J connectivity index is 2.16. The molecule has 0 spiro atoms. The van der Waals surface area contributed by atoms with Gasteiger partial charge in [-0.3, -0.25) is 15.1 Å². The summed E-state index contributed by atoms with van der Waals surface area (Å²) < 4.78 is 37.7. The summed E-state index contributed by atoms with van der Waals surface area (Å²) in [4.78, 5) is 7.93. The highest BCUT2D eigenvalue weighted by atomic mass is 19.4. The van der Waals surface area contributed by atoms with Crippen LogP contribution < -0.4 is 0 Å². The molecular formula is C12H7F3N4. The van der Waals surface area contributed by atoms with E-state index in [2.05, 4.69) is 20.2 Å². The van der Waals surface area contributed by atoms with Gasteiger partial charge in [-0.15, -0.1) is 0 Å². The van der Waals surface area contributed by atoms with Gasteiger partial charge in [0.25, 0.3) is 0 Å². The Hall–Kier alpha value is -2.44. The monoisotopic (exact) mass is 264 g/mol. The molecule has 3 heterocycles. The zero-order valence-electron chi connectivity index (χ0n) is 9.44. The Morgan fingerprint density at radius 1 is 1.11 bits per heavy atom. The predicted octanol–water partition coefficient (Wildman–Crippen LogP) is 3.04. The fraction of sp³-hybridized carbons (Fsp3) is 0.0833. The molecule has 0 aliphatic carbocycles.